The van der Waals surface area contributed by atoms with Crippen LogP contribution in [-0.2, 0) is 24.3 Å². The van der Waals surface area contributed by atoms with Crippen molar-refractivity contribution in [2.24, 2.45) is 5.92 Å². The molecule has 0 aromatic heterocycles. The standard InChI is InChI=1S/C22H25FN2O/c23-21-9-7-17(8-10-21)14-24-12-3-6-20(15-24)22(26)25-13-11-18-4-1-2-5-19(18)16-25/h1-2,4-5,7-10,20H,3,6,11-16H2/p+1/t20-/m1/s1. The number of quaternary nitrogens is 1. The molecule has 2 atom stereocenters. The Bertz CT molecular complexity index is 774. The summed E-state index contributed by atoms with van der Waals surface area (Å²) in [6.07, 6.45) is 3.03. The summed E-state index contributed by atoms with van der Waals surface area (Å²) in [7, 11) is 0. The van der Waals surface area contributed by atoms with E-state index in [-0.39, 0.29) is 11.7 Å². The molecular weight excluding hydrogens is 327 g/mol. The summed E-state index contributed by atoms with van der Waals surface area (Å²) in [6.45, 7) is 4.42. The topological polar surface area (TPSA) is 24.8 Å². The second-order valence-electron chi connectivity index (χ2n) is 7.63. The third-order valence-corrected chi connectivity index (χ3v) is 5.78. The summed E-state index contributed by atoms with van der Waals surface area (Å²) in [6, 6.07) is 15.2. The van der Waals surface area contributed by atoms with Crippen molar-refractivity contribution in [3.05, 3.63) is 71.0 Å². The molecule has 0 radical (unpaired) electrons. The molecule has 0 aliphatic carbocycles. The van der Waals surface area contributed by atoms with Crippen molar-refractivity contribution in [3.63, 3.8) is 0 Å². The van der Waals surface area contributed by atoms with Gasteiger partial charge in [0.25, 0.3) is 0 Å². The predicted octanol–water partition coefficient (Wildman–Crippen LogP) is 2.21. The zero-order valence-corrected chi connectivity index (χ0v) is 15.1. The van der Waals surface area contributed by atoms with E-state index in [9.17, 15) is 9.18 Å². The monoisotopic (exact) mass is 353 g/mol. The molecule has 1 amide bonds. The minimum atomic E-state index is -0.194. The molecule has 0 bridgehead atoms. The van der Waals surface area contributed by atoms with E-state index >= 15 is 0 Å². The SMILES string of the molecule is O=C([C@@H]1CCC[NH+](Cc2ccc(F)cc2)C1)N1CCc2ccccc2C1. The van der Waals surface area contributed by atoms with Gasteiger partial charge in [-0.3, -0.25) is 4.79 Å². The van der Waals surface area contributed by atoms with Crippen LogP contribution in [0.5, 0.6) is 0 Å². The van der Waals surface area contributed by atoms with Gasteiger partial charge in [0.05, 0.1) is 19.0 Å². The van der Waals surface area contributed by atoms with Crippen molar-refractivity contribution < 1.29 is 14.1 Å². The molecule has 1 unspecified atom stereocenters. The zero-order chi connectivity index (χ0) is 17.9. The molecule has 136 valence electrons. The van der Waals surface area contributed by atoms with E-state index in [4.69, 9.17) is 0 Å². The lowest BCUT2D eigenvalue weighted by Crippen LogP contribution is -3.12. The van der Waals surface area contributed by atoms with Gasteiger partial charge >= 0.3 is 0 Å². The summed E-state index contributed by atoms with van der Waals surface area (Å²) in [4.78, 5) is 16.5. The first kappa shape index (κ1) is 17.2. The highest BCUT2D eigenvalue weighted by Crippen LogP contribution is 2.21. The van der Waals surface area contributed by atoms with Crippen LogP contribution in [0.15, 0.2) is 48.5 Å². The number of nitrogens with zero attached hydrogens (tertiary/aromatic N) is 1. The van der Waals surface area contributed by atoms with Gasteiger partial charge < -0.3 is 9.80 Å². The minimum absolute atomic E-state index is 0.115. The molecule has 2 heterocycles. The maximum atomic E-state index is 13.1. The van der Waals surface area contributed by atoms with Gasteiger partial charge in [-0.2, -0.15) is 0 Å². The van der Waals surface area contributed by atoms with Gasteiger partial charge in [-0.15, -0.1) is 0 Å². The molecule has 26 heavy (non-hydrogen) atoms. The van der Waals surface area contributed by atoms with E-state index < -0.39 is 0 Å². The number of piperidine rings is 1. The van der Waals surface area contributed by atoms with Crippen molar-refractivity contribution in [1.29, 1.82) is 0 Å². The quantitative estimate of drug-likeness (QED) is 0.899. The van der Waals surface area contributed by atoms with Crippen molar-refractivity contribution in [1.82, 2.24) is 4.90 Å². The summed E-state index contributed by atoms with van der Waals surface area (Å²) in [5.74, 6) is 0.237. The molecule has 3 nitrogen and oxygen atoms in total. The number of amides is 1. The molecule has 1 N–H and O–H groups in total. The number of halogens is 1. The zero-order valence-electron chi connectivity index (χ0n) is 15.1. The lowest BCUT2D eigenvalue weighted by molar-refractivity contribution is -0.921. The third kappa shape index (κ3) is 3.80. The van der Waals surface area contributed by atoms with Gasteiger partial charge in [-0.05, 0) is 42.5 Å². The highest BCUT2D eigenvalue weighted by Gasteiger charge is 2.33. The van der Waals surface area contributed by atoms with E-state index in [0.717, 1.165) is 57.5 Å². The number of carbonyl (C=O) groups is 1. The third-order valence-electron chi connectivity index (χ3n) is 5.78. The summed E-state index contributed by atoms with van der Waals surface area (Å²) in [5, 5.41) is 0. The first-order valence-corrected chi connectivity index (χ1v) is 9.62. The van der Waals surface area contributed by atoms with Crippen molar-refractivity contribution in [3.8, 4) is 0 Å². The highest BCUT2D eigenvalue weighted by molar-refractivity contribution is 5.79. The Hall–Kier alpha value is -2.20. The summed E-state index contributed by atoms with van der Waals surface area (Å²) in [5.41, 5.74) is 3.81. The number of hydrogen-bond acceptors (Lipinski definition) is 1. The molecule has 1 saturated heterocycles. The van der Waals surface area contributed by atoms with Crippen LogP contribution in [-0.4, -0.2) is 30.4 Å². The van der Waals surface area contributed by atoms with E-state index in [1.807, 2.05) is 17.0 Å². The van der Waals surface area contributed by atoms with Gasteiger partial charge in [0.15, 0.2) is 0 Å². The van der Waals surface area contributed by atoms with Crippen LogP contribution in [0.2, 0.25) is 0 Å². The number of likely N-dealkylation sites (tertiary alicyclic amines) is 1. The average molecular weight is 353 g/mol. The first-order chi connectivity index (χ1) is 12.7. The lowest BCUT2D eigenvalue weighted by atomic mass is 9.93. The molecular formula is C22H26FN2O+. The van der Waals surface area contributed by atoms with Gasteiger partial charge in [0.1, 0.15) is 12.4 Å². The Balaban J connectivity index is 1.38. The average Bonchev–Trinajstić information content (AvgIpc) is 2.69. The molecule has 1 fully saturated rings. The van der Waals surface area contributed by atoms with E-state index in [1.165, 1.54) is 28.2 Å². The second-order valence-corrected chi connectivity index (χ2v) is 7.63. The first-order valence-electron chi connectivity index (χ1n) is 9.62. The molecule has 2 aromatic carbocycles. The van der Waals surface area contributed by atoms with Crippen LogP contribution in [0, 0.1) is 11.7 Å². The van der Waals surface area contributed by atoms with Crippen molar-refractivity contribution in [2.45, 2.75) is 32.4 Å². The number of hydrogen-bond donors (Lipinski definition) is 1. The maximum Gasteiger partial charge on any atom is 0.231 e. The Morgan fingerprint density at radius 1 is 1.12 bits per heavy atom. The normalized spacial score (nSPS) is 22.7. The van der Waals surface area contributed by atoms with Crippen LogP contribution >= 0.6 is 0 Å². The number of fused-ring (bicyclic) bond motifs is 1. The molecule has 2 aliphatic rings. The van der Waals surface area contributed by atoms with Crippen LogP contribution in [0.1, 0.15) is 29.5 Å². The van der Waals surface area contributed by atoms with Crippen LogP contribution < -0.4 is 4.90 Å². The largest absolute Gasteiger partial charge is 0.338 e. The van der Waals surface area contributed by atoms with Crippen LogP contribution in [0.4, 0.5) is 4.39 Å². The second kappa shape index (κ2) is 7.58. The molecule has 4 rings (SSSR count). The molecule has 2 aromatic rings. The number of benzene rings is 2. The fourth-order valence-electron chi connectivity index (χ4n) is 4.36. The smallest absolute Gasteiger partial charge is 0.231 e. The van der Waals surface area contributed by atoms with E-state index in [1.54, 1.807) is 0 Å². The van der Waals surface area contributed by atoms with Gasteiger partial charge in [-0.1, -0.05) is 36.4 Å². The highest BCUT2D eigenvalue weighted by atomic mass is 19.1. The predicted molar refractivity (Wildman–Crippen MR) is 99.1 cm³/mol. The molecule has 0 spiro atoms. The van der Waals surface area contributed by atoms with E-state index in [2.05, 4.69) is 24.3 Å². The fourth-order valence-corrected chi connectivity index (χ4v) is 4.36. The lowest BCUT2D eigenvalue weighted by Gasteiger charge is -2.35. The van der Waals surface area contributed by atoms with Crippen LogP contribution in [0.25, 0.3) is 0 Å². The Morgan fingerprint density at radius 2 is 1.88 bits per heavy atom. The Morgan fingerprint density at radius 3 is 2.69 bits per heavy atom. The Labute approximate surface area is 154 Å². The van der Waals surface area contributed by atoms with Crippen molar-refractivity contribution >= 4 is 5.91 Å². The number of carbonyl (C=O) groups excluding carboxylic acids is 1. The minimum Gasteiger partial charge on any atom is -0.338 e. The summed E-state index contributed by atoms with van der Waals surface area (Å²) >= 11 is 0. The Kier molecular flexibility index (Phi) is 5.02. The summed E-state index contributed by atoms with van der Waals surface area (Å²) < 4.78 is 13.1. The molecule has 2 aliphatic heterocycles. The van der Waals surface area contributed by atoms with Gasteiger partial charge in [-0.25, -0.2) is 4.39 Å². The van der Waals surface area contributed by atoms with Crippen molar-refractivity contribution in [2.75, 3.05) is 19.6 Å². The van der Waals surface area contributed by atoms with Gasteiger partial charge in [0.2, 0.25) is 5.91 Å². The molecule has 4 heteroatoms. The number of rotatable bonds is 3. The van der Waals surface area contributed by atoms with Gasteiger partial charge in [0, 0.05) is 18.7 Å². The molecule has 0 saturated carbocycles. The van der Waals surface area contributed by atoms with E-state index in [0.29, 0.717) is 5.91 Å². The van der Waals surface area contributed by atoms with Crippen LogP contribution in [0.3, 0.4) is 0 Å². The number of nitrogens with one attached hydrogen (secondary N) is 1. The fraction of sp³-hybridized carbons (Fsp3) is 0.409. The maximum absolute atomic E-state index is 13.1.